The molecule has 100 valence electrons. The molecule has 3 N–H and O–H groups in total. The summed E-state index contributed by atoms with van der Waals surface area (Å²) in [6.07, 6.45) is 2.02. The summed E-state index contributed by atoms with van der Waals surface area (Å²) < 4.78 is 27.0. The van der Waals surface area contributed by atoms with Crippen molar-refractivity contribution in [2.75, 3.05) is 6.54 Å². The maximum atomic E-state index is 12.2. The van der Waals surface area contributed by atoms with Crippen LogP contribution in [0.3, 0.4) is 0 Å². The molecule has 0 aromatic heterocycles. The average Bonchev–Trinajstić information content (AvgIpc) is 3.13. The van der Waals surface area contributed by atoms with Crippen LogP contribution >= 0.6 is 23.2 Å². The molecule has 0 radical (unpaired) electrons. The van der Waals surface area contributed by atoms with Crippen LogP contribution in [0.5, 0.6) is 0 Å². The van der Waals surface area contributed by atoms with Crippen molar-refractivity contribution in [3.63, 3.8) is 0 Å². The Kier molecular flexibility index (Phi) is 4.18. The second-order valence-electron chi connectivity index (χ2n) is 4.35. The molecule has 4 nitrogen and oxygen atoms in total. The Balaban J connectivity index is 2.27. The van der Waals surface area contributed by atoms with Gasteiger partial charge in [0.1, 0.15) is 4.90 Å². The monoisotopic (exact) mass is 308 g/mol. The molecule has 1 aliphatic carbocycles. The summed E-state index contributed by atoms with van der Waals surface area (Å²) in [6.45, 7) is 0.280. The molecule has 0 spiro atoms. The minimum atomic E-state index is -3.68. The Morgan fingerprint density at radius 3 is 2.61 bits per heavy atom. The lowest BCUT2D eigenvalue weighted by Gasteiger charge is -2.17. The first-order chi connectivity index (χ1) is 8.45. The van der Waals surface area contributed by atoms with Gasteiger partial charge in [0.15, 0.2) is 0 Å². The van der Waals surface area contributed by atoms with Gasteiger partial charge in [0.05, 0.1) is 10.0 Å². The van der Waals surface area contributed by atoms with Crippen LogP contribution in [0.15, 0.2) is 23.1 Å². The highest BCUT2D eigenvalue weighted by molar-refractivity contribution is 7.89. The number of hydrogen-bond donors (Lipinski definition) is 2. The summed E-state index contributed by atoms with van der Waals surface area (Å²) in [6, 6.07) is 4.29. The molecule has 1 fully saturated rings. The van der Waals surface area contributed by atoms with Crippen molar-refractivity contribution in [1.82, 2.24) is 4.72 Å². The van der Waals surface area contributed by atoms with E-state index in [0.29, 0.717) is 5.92 Å². The Labute approximate surface area is 117 Å². The lowest BCUT2D eigenvalue weighted by molar-refractivity contribution is 0.519. The molecule has 1 aromatic rings. The van der Waals surface area contributed by atoms with Crippen LogP contribution in [-0.2, 0) is 10.0 Å². The number of sulfonamides is 1. The van der Waals surface area contributed by atoms with Crippen LogP contribution in [0.4, 0.5) is 0 Å². The van der Waals surface area contributed by atoms with Crippen molar-refractivity contribution in [3.05, 3.63) is 28.2 Å². The Bertz CT molecular complexity index is 544. The summed E-state index contributed by atoms with van der Waals surface area (Å²) in [5.41, 5.74) is 5.58. The summed E-state index contributed by atoms with van der Waals surface area (Å²) in [7, 11) is -3.68. The number of rotatable bonds is 5. The molecule has 1 unspecified atom stereocenters. The third-order valence-electron chi connectivity index (χ3n) is 2.96. The fourth-order valence-corrected chi connectivity index (χ4v) is 3.87. The molecule has 0 saturated heterocycles. The molecule has 1 aromatic carbocycles. The predicted molar refractivity (Wildman–Crippen MR) is 72.3 cm³/mol. The Hall–Kier alpha value is -0.330. The first kappa shape index (κ1) is 14.1. The number of nitrogens with one attached hydrogen (secondary N) is 1. The molecular weight excluding hydrogens is 295 g/mol. The van der Waals surface area contributed by atoms with Gasteiger partial charge in [-0.3, -0.25) is 0 Å². The Morgan fingerprint density at radius 1 is 1.39 bits per heavy atom. The molecule has 18 heavy (non-hydrogen) atoms. The molecule has 0 bridgehead atoms. The normalized spacial score (nSPS) is 17.7. The fourth-order valence-electron chi connectivity index (χ4n) is 1.79. The standard InChI is InChI=1S/C11H14Cl2N2O2S/c12-8-2-1-3-10(11(8)13)18(16,17)15-9(6-14)7-4-5-7/h1-3,7,9,15H,4-6,14H2. The van der Waals surface area contributed by atoms with Gasteiger partial charge in [-0.25, -0.2) is 13.1 Å². The van der Waals surface area contributed by atoms with Gasteiger partial charge in [-0.05, 0) is 30.9 Å². The van der Waals surface area contributed by atoms with Crippen LogP contribution in [0, 0.1) is 5.92 Å². The maximum Gasteiger partial charge on any atom is 0.242 e. The average molecular weight is 309 g/mol. The van der Waals surface area contributed by atoms with E-state index in [1.54, 1.807) is 12.1 Å². The van der Waals surface area contributed by atoms with Gasteiger partial charge in [-0.1, -0.05) is 29.3 Å². The first-order valence-electron chi connectivity index (χ1n) is 5.62. The molecule has 0 aliphatic heterocycles. The SMILES string of the molecule is NCC(NS(=O)(=O)c1cccc(Cl)c1Cl)C1CC1. The van der Waals surface area contributed by atoms with Crippen LogP contribution < -0.4 is 10.5 Å². The molecule has 7 heteroatoms. The highest BCUT2D eigenvalue weighted by atomic mass is 35.5. The zero-order chi connectivity index (χ0) is 13.3. The predicted octanol–water partition coefficient (Wildman–Crippen LogP) is 2.01. The second kappa shape index (κ2) is 5.35. The van der Waals surface area contributed by atoms with E-state index in [4.69, 9.17) is 28.9 Å². The van der Waals surface area contributed by atoms with E-state index >= 15 is 0 Å². The molecule has 0 heterocycles. The number of nitrogens with two attached hydrogens (primary N) is 1. The lowest BCUT2D eigenvalue weighted by atomic mass is 10.2. The molecular formula is C11H14Cl2N2O2S. The van der Waals surface area contributed by atoms with Crippen LogP contribution in [-0.4, -0.2) is 21.0 Å². The number of hydrogen-bond acceptors (Lipinski definition) is 3. The van der Waals surface area contributed by atoms with Crippen LogP contribution in [0.2, 0.25) is 10.0 Å². The van der Waals surface area contributed by atoms with Gasteiger partial charge in [-0.2, -0.15) is 0 Å². The van der Waals surface area contributed by atoms with E-state index in [1.165, 1.54) is 6.07 Å². The quantitative estimate of drug-likeness (QED) is 0.874. The molecule has 1 saturated carbocycles. The van der Waals surface area contributed by atoms with E-state index in [9.17, 15) is 8.42 Å². The van der Waals surface area contributed by atoms with Crippen molar-refractivity contribution >= 4 is 33.2 Å². The van der Waals surface area contributed by atoms with E-state index in [2.05, 4.69) is 4.72 Å². The highest BCUT2D eigenvalue weighted by Gasteiger charge is 2.34. The van der Waals surface area contributed by atoms with Gasteiger partial charge in [0.25, 0.3) is 0 Å². The number of benzene rings is 1. The summed E-state index contributed by atoms with van der Waals surface area (Å²) >= 11 is 11.7. The van der Waals surface area contributed by atoms with Gasteiger partial charge in [0.2, 0.25) is 10.0 Å². The lowest BCUT2D eigenvalue weighted by Crippen LogP contribution is -2.41. The summed E-state index contributed by atoms with van der Waals surface area (Å²) in [4.78, 5) is -0.00392. The van der Waals surface area contributed by atoms with Crippen molar-refractivity contribution in [3.8, 4) is 0 Å². The van der Waals surface area contributed by atoms with Gasteiger partial charge >= 0.3 is 0 Å². The van der Waals surface area contributed by atoms with Crippen molar-refractivity contribution < 1.29 is 8.42 Å². The Morgan fingerprint density at radius 2 is 2.06 bits per heavy atom. The summed E-state index contributed by atoms with van der Waals surface area (Å²) in [5, 5.41) is 0.258. The molecule has 1 atom stereocenters. The molecule has 0 amide bonds. The van der Waals surface area contributed by atoms with E-state index in [0.717, 1.165) is 12.8 Å². The van der Waals surface area contributed by atoms with E-state index in [-0.39, 0.29) is 27.5 Å². The van der Waals surface area contributed by atoms with Crippen LogP contribution in [0.25, 0.3) is 0 Å². The highest BCUT2D eigenvalue weighted by Crippen LogP contribution is 2.34. The second-order valence-corrected chi connectivity index (χ2v) is 6.82. The van der Waals surface area contributed by atoms with Crippen molar-refractivity contribution in [2.45, 2.75) is 23.8 Å². The first-order valence-corrected chi connectivity index (χ1v) is 7.86. The van der Waals surface area contributed by atoms with Gasteiger partial charge in [-0.15, -0.1) is 0 Å². The van der Waals surface area contributed by atoms with E-state index < -0.39 is 10.0 Å². The third kappa shape index (κ3) is 2.97. The zero-order valence-corrected chi connectivity index (χ0v) is 11.9. The fraction of sp³-hybridized carbons (Fsp3) is 0.455. The molecule has 2 rings (SSSR count). The largest absolute Gasteiger partial charge is 0.329 e. The topological polar surface area (TPSA) is 72.2 Å². The van der Waals surface area contributed by atoms with E-state index in [1.807, 2.05) is 0 Å². The van der Waals surface area contributed by atoms with Crippen LogP contribution in [0.1, 0.15) is 12.8 Å². The van der Waals surface area contributed by atoms with Gasteiger partial charge < -0.3 is 5.73 Å². The smallest absolute Gasteiger partial charge is 0.242 e. The minimum absolute atomic E-state index is 0.00392. The minimum Gasteiger partial charge on any atom is -0.329 e. The third-order valence-corrected chi connectivity index (χ3v) is 5.42. The molecule has 1 aliphatic rings. The summed E-state index contributed by atoms with van der Waals surface area (Å²) in [5.74, 6) is 0.336. The number of halogens is 2. The van der Waals surface area contributed by atoms with Crippen molar-refractivity contribution in [2.24, 2.45) is 11.7 Å². The van der Waals surface area contributed by atoms with Gasteiger partial charge in [0, 0.05) is 12.6 Å². The maximum absolute atomic E-state index is 12.2. The van der Waals surface area contributed by atoms with Crippen molar-refractivity contribution in [1.29, 1.82) is 0 Å². The zero-order valence-electron chi connectivity index (χ0n) is 9.57.